The Kier molecular flexibility index (Phi) is 5.18. The molecule has 1 saturated heterocycles. The maximum atomic E-state index is 12.5. The van der Waals surface area contributed by atoms with Crippen LogP contribution >= 0.6 is 0 Å². The van der Waals surface area contributed by atoms with Gasteiger partial charge in [0.05, 0.1) is 6.20 Å². The standard InChI is InChI=1S/C19H26N4O2/c1-14(2)23-12-16(11-22-23)15-4-7-20-17(10-15)18(24)21-13-19(3)5-8-25-9-6-19/h4,7,10-12,14H,5-6,8-9,13H2,1-3H3,(H,21,24). The fraction of sp³-hybridized carbons (Fsp3) is 0.526. The summed E-state index contributed by atoms with van der Waals surface area (Å²) in [6, 6.07) is 4.03. The van der Waals surface area contributed by atoms with Gasteiger partial charge in [-0.15, -0.1) is 0 Å². The molecule has 0 bridgehead atoms. The van der Waals surface area contributed by atoms with Crippen molar-refractivity contribution in [2.75, 3.05) is 19.8 Å². The Morgan fingerprint density at radius 3 is 2.80 bits per heavy atom. The van der Waals surface area contributed by atoms with Gasteiger partial charge in [-0.25, -0.2) is 0 Å². The number of nitrogens with one attached hydrogen (secondary N) is 1. The molecule has 2 aromatic rings. The summed E-state index contributed by atoms with van der Waals surface area (Å²) < 4.78 is 7.31. The Labute approximate surface area is 148 Å². The van der Waals surface area contributed by atoms with Crippen LogP contribution in [0.15, 0.2) is 30.7 Å². The molecule has 25 heavy (non-hydrogen) atoms. The second kappa shape index (κ2) is 7.35. The topological polar surface area (TPSA) is 69.0 Å². The quantitative estimate of drug-likeness (QED) is 0.907. The van der Waals surface area contributed by atoms with Gasteiger partial charge in [0.2, 0.25) is 0 Å². The van der Waals surface area contributed by atoms with Crippen molar-refractivity contribution in [3.8, 4) is 11.1 Å². The minimum absolute atomic E-state index is 0.101. The summed E-state index contributed by atoms with van der Waals surface area (Å²) in [6.07, 6.45) is 7.42. The molecule has 6 heteroatoms. The third-order valence-electron chi connectivity index (χ3n) is 4.83. The summed E-state index contributed by atoms with van der Waals surface area (Å²) in [5.41, 5.74) is 2.47. The molecule has 0 spiro atoms. The summed E-state index contributed by atoms with van der Waals surface area (Å²) in [7, 11) is 0. The zero-order chi connectivity index (χ0) is 17.9. The highest BCUT2D eigenvalue weighted by atomic mass is 16.5. The molecule has 6 nitrogen and oxygen atoms in total. The Hall–Kier alpha value is -2.21. The van der Waals surface area contributed by atoms with E-state index >= 15 is 0 Å². The largest absolute Gasteiger partial charge is 0.381 e. The average Bonchev–Trinajstić information content (AvgIpc) is 3.11. The molecule has 0 saturated carbocycles. The maximum Gasteiger partial charge on any atom is 0.269 e. The number of ether oxygens (including phenoxy) is 1. The molecular formula is C19H26N4O2. The van der Waals surface area contributed by atoms with Crippen LogP contribution in [0.25, 0.3) is 11.1 Å². The smallest absolute Gasteiger partial charge is 0.269 e. The van der Waals surface area contributed by atoms with Crippen molar-refractivity contribution >= 4 is 5.91 Å². The van der Waals surface area contributed by atoms with E-state index in [0.29, 0.717) is 18.3 Å². The van der Waals surface area contributed by atoms with Crippen LogP contribution in [0.2, 0.25) is 0 Å². The fourth-order valence-corrected chi connectivity index (χ4v) is 2.93. The monoisotopic (exact) mass is 342 g/mol. The zero-order valence-corrected chi connectivity index (χ0v) is 15.2. The molecule has 2 aromatic heterocycles. The lowest BCUT2D eigenvalue weighted by molar-refractivity contribution is 0.0238. The minimum Gasteiger partial charge on any atom is -0.381 e. The molecule has 1 fully saturated rings. The van der Waals surface area contributed by atoms with Crippen molar-refractivity contribution in [3.05, 3.63) is 36.4 Å². The van der Waals surface area contributed by atoms with Gasteiger partial charge in [-0.05, 0) is 49.8 Å². The molecule has 1 aliphatic heterocycles. The van der Waals surface area contributed by atoms with Crippen molar-refractivity contribution in [1.29, 1.82) is 0 Å². The number of aromatic nitrogens is 3. The van der Waals surface area contributed by atoms with Gasteiger partial charge in [0.1, 0.15) is 5.69 Å². The Morgan fingerprint density at radius 2 is 2.12 bits per heavy atom. The Bertz CT molecular complexity index is 733. The number of nitrogens with zero attached hydrogens (tertiary/aromatic N) is 3. The van der Waals surface area contributed by atoms with E-state index in [2.05, 4.69) is 36.2 Å². The van der Waals surface area contributed by atoms with Crippen LogP contribution in [-0.4, -0.2) is 40.4 Å². The van der Waals surface area contributed by atoms with Crippen molar-refractivity contribution < 1.29 is 9.53 Å². The van der Waals surface area contributed by atoms with Gasteiger partial charge in [0, 0.05) is 43.8 Å². The first kappa shape index (κ1) is 17.6. The van der Waals surface area contributed by atoms with Crippen molar-refractivity contribution in [1.82, 2.24) is 20.1 Å². The van der Waals surface area contributed by atoms with Crippen LogP contribution in [0.4, 0.5) is 0 Å². The number of amides is 1. The predicted molar refractivity (Wildman–Crippen MR) is 96.3 cm³/mol. The molecule has 3 rings (SSSR count). The van der Waals surface area contributed by atoms with E-state index in [0.717, 1.165) is 37.2 Å². The van der Waals surface area contributed by atoms with Crippen LogP contribution in [-0.2, 0) is 4.74 Å². The number of carbonyl (C=O) groups excluding carboxylic acids is 1. The molecule has 0 aromatic carbocycles. The van der Waals surface area contributed by atoms with Gasteiger partial charge in [-0.3, -0.25) is 14.5 Å². The minimum atomic E-state index is -0.134. The summed E-state index contributed by atoms with van der Waals surface area (Å²) >= 11 is 0. The molecule has 0 aliphatic carbocycles. The van der Waals surface area contributed by atoms with Gasteiger partial charge >= 0.3 is 0 Å². The lowest BCUT2D eigenvalue weighted by Crippen LogP contribution is -2.39. The van der Waals surface area contributed by atoms with Crippen LogP contribution in [0.1, 0.15) is 50.1 Å². The number of pyridine rings is 1. The normalized spacial score (nSPS) is 16.8. The molecular weight excluding hydrogens is 316 g/mol. The van der Waals surface area contributed by atoms with Crippen LogP contribution in [0.5, 0.6) is 0 Å². The van der Waals surface area contributed by atoms with Gasteiger partial charge < -0.3 is 10.1 Å². The van der Waals surface area contributed by atoms with Crippen LogP contribution < -0.4 is 5.32 Å². The van der Waals surface area contributed by atoms with E-state index < -0.39 is 0 Å². The van der Waals surface area contributed by atoms with Crippen molar-refractivity contribution in [2.24, 2.45) is 5.41 Å². The average molecular weight is 342 g/mol. The van der Waals surface area contributed by atoms with Gasteiger partial charge in [-0.2, -0.15) is 5.10 Å². The molecule has 3 heterocycles. The summed E-state index contributed by atoms with van der Waals surface area (Å²) in [5.74, 6) is -0.134. The molecule has 0 atom stereocenters. The zero-order valence-electron chi connectivity index (χ0n) is 15.2. The van der Waals surface area contributed by atoms with E-state index in [9.17, 15) is 4.79 Å². The molecule has 1 aliphatic rings. The third-order valence-corrected chi connectivity index (χ3v) is 4.83. The first-order valence-corrected chi connectivity index (χ1v) is 8.83. The summed E-state index contributed by atoms with van der Waals surface area (Å²) in [5, 5.41) is 7.39. The summed E-state index contributed by atoms with van der Waals surface area (Å²) in [6.45, 7) is 8.53. The number of rotatable bonds is 5. The SMILES string of the molecule is CC(C)n1cc(-c2ccnc(C(=O)NCC3(C)CCOCC3)c2)cn1. The molecule has 0 radical (unpaired) electrons. The highest BCUT2D eigenvalue weighted by Crippen LogP contribution is 2.28. The number of carbonyl (C=O) groups is 1. The van der Waals surface area contributed by atoms with Crippen molar-refractivity contribution in [2.45, 2.75) is 39.7 Å². The Morgan fingerprint density at radius 1 is 1.36 bits per heavy atom. The first-order chi connectivity index (χ1) is 12.0. The Balaban J connectivity index is 1.68. The second-order valence-electron chi connectivity index (χ2n) is 7.34. The highest BCUT2D eigenvalue weighted by molar-refractivity contribution is 5.93. The van der Waals surface area contributed by atoms with E-state index in [1.165, 1.54) is 0 Å². The van der Waals surface area contributed by atoms with E-state index in [-0.39, 0.29) is 11.3 Å². The lowest BCUT2D eigenvalue weighted by atomic mass is 9.82. The van der Waals surface area contributed by atoms with Crippen LogP contribution in [0.3, 0.4) is 0 Å². The van der Waals surface area contributed by atoms with E-state index in [4.69, 9.17) is 4.74 Å². The highest BCUT2D eigenvalue weighted by Gasteiger charge is 2.28. The lowest BCUT2D eigenvalue weighted by Gasteiger charge is -2.33. The van der Waals surface area contributed by atoms with E-state index in [1.807, 2.05) is 29.2 Å². The van der Waals surface area contributed by atoms with Crippen LogP contribution in [0, 0.1) is 5.41 Å². The molecule has 1 amide bonds. The van der Waals surface area contributed by atoms with Gasteiger partial charge in [0.15, 0.2) is 0 Å². The first-order valence-electron chi connectivity index (χ1n) is 8.83. The van der Waals surface area contributed by atoms with Gasteiger partial charge in [-0.1, -0.05) is 6.92 Å². The number of hydrogen-bond acceptors (Lipinski definition) is 4. The fourth-order valence-electron chi connectivity index (χ4n) is 2.93. The second-order valence-corrected chi connectivity index (χ2v) is 7.34. The maximum absolute atomic E-state index is 12.5. The third kappa shape index (κ3) is 4.25. The summed E-state index contributed by atoms with van der Waals surface area (Å²) in [4.78, 5) is 16.7. The van der Waals surface area contributed by atoms with Crippen molar-refractivity contribution in [3.63, 3.8) is 0 Å². The molecule has 0 unspecified atom stereocenters. The molecule has 1 N–H and O–H groups in total. The number of hydrogen-bond donors (Lipinski definition) is 1. The van der Waals surface area contributed by atoms with Gasteiger partial charge in [0.25, 0.3) is 5.91 Å². The predicted octanol–water partition coefficient (Wildman–Crippen LogP) is 3.07. The molecule has 134 valence electrons. The van der Waals surface area contributed by atoms with E-state index in [1.54, 1.807) is 6.20 Å².